The molecule has 0 fully saturated rings. The van der Waals surface area contributed by atoms with Gasteiger partial charge < -0.3 is 19.5 Å². The molecule has 0 aliphatic heterocycles. The van der Waals surface area contributed by atoms with Crippen LogP contribution in [0.3, 0.4) is 0 Å². The summed E-state index contributed by atoms with van der Waals surface area (Å²) in [7, 11) is 4.88. The summed E-state index contributed by atoms with van der Waals surface area (Å²) in [6.07, 6.45) is 1.72. The maximum absolute atomic E-state index is 5.29. The summed E-state index contributed by atoms with van der Waals surface area (Å²) in [5.41, 5.74) is 2.52. The molecule has 0 spiro atoms. The van der Waals surface area contributed by atoms with Crippen LogP contribution in [0.15, 0.2) is 30.5 Å². The molecule has 0 atom stereocenters. The number of nitrogens with one attached hydrogen (secondary N) is 1. The smallest absolute Gasteiger partial charge is 0.227 e. The van der Waals surface area contributed by atoms with Crippen molar-refractivity contribution in [3.63, 3.8) is 0 Å². The maximum atomic E-state index is 5.29. The number of anilines is 2. The Morgan fingerprint density at radius 1 is 1.04 bits per heavy atom. The van der Waals surface area contributed by atoms with Crippen LogP contribution < -0.4 is 14.8 Å². The first kappa shape index (κ1) is 18.1. The van der Waals surface area contributed by atoms with Crippen molar-refractivity contribution in [2.75, 3.05) is 26.6 Å². The number of rotatable bonds is 7. The van der Waals surface area contributed by atoms with E-state index in [1.54, 1.807) is 44.9 Å². The van der Waals surface area contributed by atoms with Crippen LogP contribution in [0.4, 0.5) is 11.6 Å². The topological polar surface area (TPSA) is 78.4 Å². The third kappa shape index (κ3) is 4.09. The SMILES string of the molecule is COCc1nc(C)c(-c2ccnc(Nc3cc(OC)cc(OC)c3)n2)s1. The Labute approximate surface area is 156 Å². The zero-order valence-electron chi connectivity index (χ0n) is 15.1. The van der Waals surface area contributed by atoms with E-state index in [0.717, 1.165) is 27.0 Å². The van der Waals surface area contributed by atoms with E-state index in [-0.39, 0.29) is 0 Å². The first-order valence-corrected chi connectivity index (χ1v) is 8.73. The molecule has 7 nitrogen and oxygen atoms in total. The van der Waals surface area contributed by atoms with Gasteiger partial charge in [-0.15, -0.1) is 11.3 Å². The van der Waals surface area contributed by atoms with Crippen molar-refractivity contribution in [1.82, 2.24) is 15.0 Å². The van der Waals surface area contributed by atoms with Gasteiger partial charge in [-0.1, -0.05) is 0 Å². The first-order valence-electron chi connectivity index (χ1n) is 7.91. The highest BCUT2D eigenvalue weighted by Crippen LogP contribution is 2.31. The zero-order valence-corrected chi connectivity index (χ0v) is 15.9. The number of thiazole rings is 1. The first-order chi connectivity index (χ1) is 12.6. The standard InChI is InChI=1S/C18H20N4O3S/c1-11-17(26-16(20-11)10-23-2)15-5-6-19-18(22-15)21-12-7-13(24-3)9-14(8-12)25-4/h5-9H,10H2,1-4H3,(H,19,21,22). The molecule has 0 amide bonds. The molecule has 8 heteroatoms. The highest BCUT2D eigenvalue weighted by atomic mass is 32.1. The molecule has 0 saturated carbocycles. The normalized spacial score (nSPS) is 10.6. The minimum Gasteiger partial charge on any atom is -0.497 e. The van der Waals surface area contributed by atoms with Crippen LogP contribution in [0.5, 0.6) is 11.5 Å². The van der Waals surface area contributed by atoms with Crippen LogP contribution in [0, 0.1) is 6.92 Å². The predicted molar refractivity (Wildman–Crippen MR) is 101 cm³/mol. The molecule has 2 heterocycles. The van der Waals surface area contributed by atoms with Gasteiger partial charge >= 0.3 is 0 Å². The molecule has 3 rings (SSSR count). The summed E-state index contributed by atoms with van der Waals surface area (Å²) in [6, 6.07) is 7.38. The van der Waals surface area contributed by atoms with Gasteiger partial charge in [0.05, 0.1) is 37.1 Å². The van der Waals surface area contributed by atoms with Gasteiger partial charge in [0.2, 0.25) is 5.95 Å². The Balaban J connectivity index is 1.88. The average molecular weight is 372 g/mol. The molecular formula is C18H20N4O3S. The number of benzene rings is 1. The van der Waals surface area contributed by atoms with Crippen molar-refractivity contribution < 1.29 is 14.2 Å². The van der Waals surface area contributed by atoms with Crippen molar-refractivity contribution >= 4 is 23.0 Å². The van der Waals surface area contributed by atoms with Crippen molar-refractivity contribution in [1.29, 1.82) is 0 Å². The Morgan fingerprint density at radius 3 is 2.42 bits per heavy atom. The molecule has 0 bridgehead atoms. The van der Waals surface area contributed by atoms with E-state index in [0.29, 0.717) is 24.1 Å². The van der Waals surface area contributed by atoms with Gasteiger partial charge in [0.15, 0.2) is 0 Å². The minimum atomic E-state index is 0.485. The second-order valence-corrected chi connectivity index (χ2v) is 6.53. The lowest BCUT2D eigenvalue weighted by Crippen LogP contribution is -1.99. The molecule has 0 aliphatic carbocycles. The van der Waals surface area contributed by atoms with Crippen LogP contribution in [0.25, 0.3) is 10.6 Å². The van der Waals surface area contributed by atoms with Gasteiger partial charge in [-0.25, -0.2) is 15.0 Å². The monoisotopic (exact) mass is 372 g/mol. The Kier molecular flexibility index (Phi) is 5.65. The summed E-state index contributed by atoms with van der Waals surface area (Å²) in [4.78, 5) is 14.4. The average Bonchev–Trinajstić information content (AvgIpc) is 3.02. The largest absolute Gasteiger partial charge is 0.497 e. The molecule has 1 N–H and O–H groups in total. The number of methoxy groups -OCH3 is 3. The fraction of sp³-hybridized carbons (Fsp3) is 0.278. The molecular weight excluding hydrogens is 352 g/mol. The van der Waals surface area contributed by atoms with E-state index in [1.807, 2.05) is 25.1 Å². The second-order valence-electron chi connectivity index (χ2n) is 5.45. The van der Waals surface area contributed by atoms with Gasteiger partial charge in [-0.2, -0.15) is 0 Å². The predicted octanol–water partition coefficient (Wildman–Crippen LogP) is 3.82. The summed E-state index contributed by atoms with van der Waals surface area (Å²) in [6.45, 7) is 2.46. The van der Waals surface area contributed by atoms with Crippen molar-refractivity contribution in [3.8, 4) is 22.1 Å². The molecule has 136 valence electrons. The molecule has 0 radical (unpaired) electrons. The van der Waals surface area contributed by atoms with Crippen LogP contribution in [0.1, 0.15) is 10.7 Å². The Hall–Kier alpha value is -2.71. The van der Waals surface area contributed by atoms with Gasteiger partial charge in [-0.3, -0.25) is 0 Å². The number of hydrogen-bond acceptors (Lipinski definition) is 8. The molecule has 0 saturated heterocycles. The molecule has 26 heavy (non-hydrogen) atoms. The number of aromatic nitrogens is 3. The highest BCUT2D eigenvalue weighted by molar-refractivity contribution is 7.15. The lowest BCUT2D eigenvalue weighted by atomic mass is 10.2. The van der Waals surface area contributed by atoms with Gasteiger partial charge in [0.1, 0.15) is 16.5 Å². The Morgan fingerprint density at radius 2 is 1.77 bits per heavy atom. The molecule has 0 unspecified atom stereocenters. The fourth-order valence-corrected chi connectivity index (χ4v) is 3.44. The van der Waals surface area contributed by atoms with Crippen molar-refractivity contribution in [2.24, 2.45) is 0 Å². The summed E-state index contributed by atoms with van der Waals surface area (Å²) in [5, 5.41) is 4.11. The lowest BCUT2D eigenvalue weighted by molar-refractivity contribution is 0.184. The number of hydrogen-bond donors (Lipinski definition) is 1. The summed E-state index contributed by atoms with van der Waals surface area (Å²) in [5.74, 6) is 1.86. The minimum absolute atomic E-state index is 0.485. The van der Waals surface area contributed by atoms with Gasteiger partial charge in [0, 0.05) is 37.2 Å². The molecule has 1 aromatic carbocycles. The van der Waals surface area contributed by atoms with E-state index < -0.39 is 0 Å². The van der Waals surface area contributed by atoms with Crippen LogP contribution in [0.2, 0.25) is 0 Å². The van der Waals surface area contributed by atoms with Crippen LogP contribution in [-0.4, -0.2) is 36.3 Å². The van der Waals surface area contributed by atoms with E-state index in [9.17, 15) is 0 Å². The third-order valence-corrected chi connectivity index (χ3v) is 4.76. The van der Waals surface area contributed by atoms with Crippen molar-refractivity contribution in [2.45, 2.75) is 13.5 Å². The lowest BCUT2D eigenvalue weighted by Gasteiger charge is -2.10. The van der Waals surface area contributed by atoms with E-state index >= 15 is 0 Å². The van der Waals surface area contributed by atoms with Gasteiger partial charge in [-0.05, 0) is 13.0 Å². The summed E-state index contributed by atoms with van der Waals surface area (Å²) >= 11 is 1.57. The Bertz CT molecular complexity index is 876. The number of nitrogens with zero attached hydrogens (tertiary/aromatic N) is 3. The summed E-state index contributed by atoms with van der Waals surface area (Å²) < 4.78 is 15.7. The van der Waals surface area contributed by atoms with E-state index in [2.05, 4.69) is 20.3 Å². The van der Waals surface area contributed by atoms with Crippen LogP contribution >= 0.6 is 11.3 Å². The van der Waals surface area contributed by atoms with E-state index in [1.165, 1.54) is 0 Å². The van der Waals surface area contributed by atoms with Crippen LogP contribution in [-0.2, 0) is 11.3 Å². The van der Waals surface area contributed by atoms with Gasteiger partial charge in [0.25, 0.3) is 0 Å². The maximum Gasteiger partial charge on any atom is 0.227 e. The number of ether oxygens (including phenoxy) is 3. The molecule has 3 aromatic rings. The quantitative estimate of drug-likeness (QED) is 0.675. The zero-order chi connectivity index (χ0) is 18.5. The molecule has 2 aromatic heterocycles. The third-order valence-electron chi connectivity index (χ3n) is 3.60. The highest BCUT2D eigenvalue weighted by Gasteiger charge is 2.12. The van der Waals surface area contributed by atoms with E-state index in [4.69, 9.17) is 14.2 Å². The van der Waals surface area contributed by atoms with Crippen molar-refractivity contribution in [3.05, 3.63) is 41.2 Å². The number of aryl methyl sites for hydroxylation is 1. The fourth-order valence-electron chi connectivity index (χ4n) is 2.43. The molecule has 0 aliphatic rings. The second kappa shape index (κ2) is 8.11.